The van der Waals surface area contributed by atoms with Gasteiger partial charge in [0.1, 0.15) is 11.6 Å². The average molecular weight is 530 g/mol. The molecule has 11 nitrogen and oxygen atoms in total. The van der Waals surface area contributed by atoms with Crippen LogP contribution in [0, 0.1) is 6.92 Å². The van der Waals surface area contributed by atoms with E-state index in [2.05, 4.69) is 15.6 Å². The highest BCUT2D eigenvalue weighted by molar-refractivity contribution is 7.92. The maximum absolute atomic E-state index is 13.8. The number of methoxy groups -OCH3 is 1. The van der Waals surface area contributed by atoms with Gasteiger partial charge in [0.2, 0.25) is 0 Å². The molecule has 0 aliphatic heterocycles. The SMILES string of the molecule is COC(=O)[C@@H](Cn1nncc1N(Cc1ccccc1)S(=O)(=O)c1ccc(C)cc1)NC(=O)OC(C)(C)C. The number of aryl methyl sites for hydroxylation is 1. The minimum absolute atomic E-state index is 0.0210. The van der Waals surface area contributed by atoms with E-state index in [1.807, 2.05) is 13.0 Å². The molecule has 1 atom stereocenters. The van der Waals surface area contributed by atoms with Gasteiger partial charge >= 0.3 is 12.1 Å². The van der Waals surface area contributed by atoms with Crippen LogP contribution in [0.2, 0.25) is 0 Å². The van der Waals surface area contributed by atoms with E-state index in [-0.39, 0.29) is 23.8 Å². The summed E-state index contributed by atoms with van der Waals surface area (Å²) in [5.41, 5.74) is 0.842. The molecule has 0 saturated heterocycles. The number of ether oxygens (including phenoxy) is 2. The van der Waals surface area contributed by atoms with Gasteiger partial charge < -0.3 is 14.8 Å². The van der Waals surface area contributed by atoms with Gasteiger partial charge in [0.25, 0.3) is 10.0 Å². The van der Waals surface area contributed by atoms with E-state index in [4.69, 9.17) is 9.47 Å². The first-order valence-electron chi connectivity index (χ1n) is 11.5. The van der Waals surface area contributed by atoms with Crippen molar-refractivity contribution in [3.05, 3.63) is 71.9 Å². The van der Waals surface area contributed by atoms with E-state index in [0.29, 0.717) is 0 Å². The number of hydrogen-bond acceptors (Lipinski definition) is 8. The van der Waals surface area contributed by atoms with Crippen LogP contribution >= 0.6 is 0 Å². The highest BCUT2D eigenvalue weighted by Gasteiger charge is 2.31. The topological polar surface area (TPSA) is 133 Å². The van der Waals surface area contributed by atoms with Gasteiger partial charge in [0.15, 0.2) is 5.82 Å². The van der Waals surface area contributed by atoms with E-state index < -0.39 is 33.7 Å². The minimum Gasteiger partial charge on any atom is -0.467 e. The molecule has 12 heteroatoms. The van der Waals surface area contributed by atoms with Crippen LogP contribution in [-0.4, -0.2) is 54.2 Å². The third-order valence-electron chi connectivity index (χ3n) is 5.16. The smallest absolute Gasteiger partial charge is 0.408 e. The molecule has 1 N–H and O–H groups in total. The predicted octanol–water partition coefficient (Wildman–Crippen LogP) is 3.05. The number of anilines is 1. The second kappa shape index (κ2) is 11.4. The molecule has 0 aliphatic rings. The molecule has 1 amide bonds. The number of alkyl carbamates (subject to hydrolysis) is 1. The number of benzene rings is 2. The zero-order chi connectivity index (χ0) is 27.2. The maximum atomic E-state index is 13.8. The Morgan fingerprint density at radius 3 is 2.32 bits per heavy atom. The van der Waals surface area contributed by atoms with Crippen LogP contribution in [0.1, 0.15) is 31.9 Å². The number of esters is 1. The first-order chi connectivity index (χ1) is 17.4. The van der Waals surface area contributed by atoms with Gasteiger partial charge in [0, 0.05) is 0 Å². The molecule has 0 aliphatic carbocycles. The van der Waals surface area contributed by atoms with Gasteiger partial charge in [-0.15, -0.1) is 5.10 Å². The van der Waals surface area contributed by atoms with Crippen molar-refractivity contribution in [2.75, 3.05) is 11.4 Å². The fourth-order valence-electron chi connectivity index (χ4n) is 3.40. The van der Waals surface area contributed by atoms with Crippen molar-refractivity contribution in [3.8, 4) is 0 Å². The van der Waals surface area contributed by atoms with Crippen LogP contribution in [0.25, 0.3) is 0 Å². The van der Waals surface area contributed by atoms with E-state index in [0.717, 1.165) is 15.4 Å². The maximum Gasteiger partial charge on any atom is 0.408 e. The number of aromatic nitrogens is 3. The Balaban J connectivity index is 2.00. The summed E-state index contributed by atoms with van der Waals surface area (Å²) in [7, 11) is -2.89. The third kappa shape index (κ3) is 7.29. The highest BCUT2D eigenvalue weighted by Crippen LogP contribution is 2.26. The number of carbonyl (C=O) groups is 2. The molecule has 37 heavy (non-hydrogen) atoms. The van der Waals surface area contributed by atoms with E-state index in [1.54, 1.807) is 57.2 Å². The second-order valence-electron chi connectivity index (χ2n) is 9.31. The Hall–Kier alpha value is -3.93. The number of nitrogens with one attached hydrogen (secondary N) is 1. The fraction of sp³-hybridized carbons (Fsp3) is 0.360. The van der Waals surface area contributed by atoms with E-state index in [9.17, 15) is 18.0 Å². The number of nitrogens with zero attached hydrogens (tertiary/aromatic N) is 4. The molecule has 1 heterocycles. The second-order valence-corrected chi connectivity index (χ2v) is 11.2. The summed E-state index contributed by atoms with van der Waals surface area (Å²) in [6, 6.07) is 14.3. The summed E-state index contributed by atoms with van der Waals surface area (Å²) in [5.74, 6) is -0.660. The highest BCUT2D eigenvalue weighted by atomic mass is 32.2. The molecule has 2 aromatic carbocycles. The fourth-order valence-corrected chi connectivity index (χ4v) is 4.84. The number of carbonyl (C=O) groups excluding carboxylic acids is 2. The summed E-state index contributed by atoms with van der Waals surface area (Å²) in [6.07, 6.45) is 0.453. The lowest BCUT2D eigenvalue weighted by Crippen LogP contribution is -2.47. The molecule has 0 radical (unpaired) electrons. The van der Waals surface area contributed by atoms with Crippen LogP contribution in [0.4, 0.5) is 10.6 Å². The summed E-state index contributed by atoms with van der Waals surface area (Å²) < 4.78 is 40.0. The van der Waals surface area contributed by atoms with Gasteiger partial charge in [-0.1, -0.05) is 53.2 Å². The van der Waals surface area contributed by atoms with Crippen LogP contribution in [0.15, 0.2) is 65.7 Å². The third-order valence-corrected chi connectivity index (χ3v) is 6.93. The van der Waals surface area contributed by atoms with Crippen LogP contribution in [0.3, 0.4) is 0 Å². The molecular formula is C25H31N5O6S. The lowest BCUT2D eigenvalue weighted by Gasteiger charge is -2.26. The van der Waals surface area contributed by atoms with Crippen molar-refractivity contribution in [1.29, 1.82) is 0 Å². The van der Waals surface area contributed by atoms with Gasteiger partial charge in [-0.25, -0.2) is 27.0 Å². The largest absolute Gasteiger partial charge is 0.467 e. The molecule has 3 rings (SSSR count). The minimum atomic E-state index is -4.07. The van der Waals surface area contributed by atoms with Crippen molar-refractivity contribution >= 4 is 27.9 Å². The lowest BCUT2D eigenvalue weighted by molar-refractivity contribution is -0.143. The Labute approximate surface area is 216 Å². The quantitative estimate of drug-likeness (QED) is 0.418. The predicted molar refractivity (Wildman–Crippen MR) is 136 cm³/mol. The molecule has 0 spiro atoms. The average Bonchev–Trinajstić information content (AvgIpc) is 3.28. The normalized spacial score (nSPS) is 12.5. The number of hydrogen-bond donors (Lipinski definition) is 1. The van der Waals surface area contributed by atoms with Gasteiger partial charge in [-0.3, -0.25) is 0 Å². The molecule has 0 fully saturated rings. The van der Waals surface area contributed by atoms with Crippen molar-refractivity contribution in [2.45, 2.75) is 57.3 Å². The molecule has 3 aromatic rings. The van der Waals surface area contributed by atoms with Crippen LogP contribution in [-0.2, 0) is 37.4 Å². The van der Waals surface area contributed by atoms with Crippen molar-refractivity contribution in [2.24, 2.45) is 0 Å². The summed E-state index contributed by atoms with van der Waals surface area (Å²) >= 11 is 0. The van der Waals surface area contributed by atoms with Crippen LogP contribution in [0.5, 0.6) is 0 Å². The summed E-state index contributed by atoms with van der Waals surface area (Å²) in [4.78, 5) is 24.9. The van der Waals surface area contributed by atoms with Crippen molar-refractivity contribution in [1.82, 2.24) is 20.3 Å². The van der Waals surface area contributed by atoms with Crippen LogP contribution < -0.4 is 9.62 Å². The number of amides is 1. The van der Waals surface area contributed by atoms with Crippen molar-refractivity contribution in [3.63, 3.8) is 0 Å². The van der Waals surface area contributed by atoms with Gasteiger partial charge in [-0.05, 0) is 45.4 Å². The van der Waals surface area contributed by atoms with Crippen molar-refractivity contribution < 1.29 is 27.5 Å². The Morgan fingerprint density at radius 1 is 1.08 bits per heavy atom. The lowest BCUT2D eigenvalue weighted by atomic mass is 10.2. The summed E-state index contributed by atoms with van der Waals surface area (Å²) in [5, 5.41) is 10.4. The summed E-state index contributed by atoms with van der Waals surface area (Å²) in [6.45, 7) is 6.65. The molecular weight excluding hydrogens is 498 g/mol. The molecule has 0 saturated carbocycles. The van der Waals surface area contributed by atoms with E-state index >= 15 is 0 Å². The molecule has 0 unspecified atom stereocenters. The first kappa shape index (κ1) is 27.7. The molecule has 1 aromatic heterocycles. The Kier molecular flexibility index (Phi) is 8.53. The Bertz CT molecular complexity index is 1320. The molecule has 198 valence electrons. The first-order valence-corrected chi connectivity index (χ1v) is 12.9. The van der Waals surface area contributed by atoms with E-state index in [1.165, 1.54) is 30.1 Å². The van der Waals surface area contributed by atoms with Gasteiger partial charge in [0.05, 0.1) is 31.3 Å². The Morgan fingerprint density at radius 2 is 1.73 bits per heavy atom. The zero-order valence-corrected chi connectivity index (χ0v) is 22.2. The number of sulfonamides is 1. The number of rotatable bonds is 9. The standard InChI is InChI=1S/C25H31N5O6S/c1-18-11-13-20(14-12-18)37(33,34)30(16-19-9-7-6-8-10-19)22-15-26-28-29(22)17-21(23(31)35-5)27-24(32)36-25(2,3)4/h6-15,21H,16-17H2,1-5H3,(H,27,32)/t21-/m1/s1. The monoisotopic (exact) mass is 529 g/mol. The zero-order valence-electron chi connectivity index (χ0n) is 21.4. The van der Waals surface area contributed by atoms with Gasteiger partial charge in [-0.2, -0.15) is 0 Å². The molecule has 0 bridgehead atoms.